The molecule has 2 aromatic carbocycles. The summed E-state index contributed by atoms with van der Waals surface area (Å²) in [6.45, 7) is 12.3. The molecule has 1 aliphatic rings. The number of phenols is 1. The number of amides is 3. The van der Waals surface area contributed by atoms with Crippen molar-refractivity contribution in [2.45, 2.75) is 96.7 Å². The fourth-order valence-corrected chi connectivity index (χ4v) is 5.04. The van der Waals surface area contributed by atoms with Crippen molar-refractivity contribution in [3.63, 3.8) is 0 Å². The maximum absolute atomic E-state index is 14.3. The quantitative estimate of drug-likeness (QED) is 0.212. The Morgan fingerprint density at radius 2 is 1.48 bits per heavy atom. The fraction of sp³-hybridized carbons (Fsp3) is 0.515. The Hall–Kier alpha value is -3.73. The Bertz CT molecular complexity index is 1320. The number of carbonyl (C=O) groups excluding carboxylic acids is 4. The number of hydrogen-bond donors (Lipinski definition) is 4. The third-order valence-corrected chi connectivity index (χ3v) is 7.26. The van der Waals surface area contributed by atoms with Crippen LogP contribution in [-0.2, 0) is 30.3 Å². The van der Waals surface area contributed by atoms with Gasteiger partial charge in [0, 0.05) is 23.8 Å². The van der Waals surface area contributed by atoms with E-state index in [4.69, 9.17) is 9.47 Å². The lowest BCUT2D eigenvalue weighted by Crippen LogP contribution is -2.56. The summed E-state index contributed by atoms with van der Waals surface area (Å²) >= 11 is 4.32. The van der Waals surface area contributed by atoms with Crippen molar-refractivity contribution in [1.82, 2.24) is 15.5 Å². The largest absolute Gasteiger partial charge is 0.508 e. The number of aromatic hydroxyl groups is 1. The predicted octanol–water partition coefficient (Wildman–Crippen LogP) is 4.56. The Kier molecular flexibility index (Phi) is 11.3. The highest BCUT2D eigenvalue weighted by Crippen LogP contribution is 2.42. The van der Waals surface area contributed by atoms with Crippen molar-refractivity contribution in [1.29, 1.82) is 0 Å². The second-order valence-corrected chi connectivity index (χ2v) is 13.5. The number of thiol groups is 1. The summed E-state index contributed by atoms with van der Waals surface area (Å²) in [5.74, 6) is -2.10. The van der Waals surface area contributed by atoms with Crippen LogP contribution >= 0.6 is 12.6 Å². The molecule has 0 aliphatic heterocycles. The lowest BCUT2D eigenvalue weighted by molar-refractivity contribution is -0.159. The molecule has 240 valence electrons. The zero-order valence-corrected chi connectivity index (χ0v) is 27.4. The van der Waals surface area contributed by atoms with E-state index >= 15 is 0 Å². The number of ether oxygens (including phenoxy) is 2. The molecule has 3 rings (SSSR count). The van der Waals surface area contributed by atoms with Gasteiger partial charge in [-0.3, -0.25) is 9.59 Å². The summed E-state index contributed by atoms with van der Waals surface area (Å²) in [5, 5.41) is 16.3. The number of nitrogens with one attached hydrogen (secondary N) is 2. The molecule has 0 spiro atoms. The van der Waals surface area contributed by atoms with Crippen LogP contribution in [0.1, 0.15) is 72.1 Å². The number of carbonyl (C=O) groups is 4. The normalized spacial score (nSPS) is 18.3. The molecular formula is C33H45N3O7S. The van der Waals surface area contributed by atoms with Crippen LogP contribution in [0.5, 0.6) is 5.75 Å². The minimum absolute atomic E-state index is 0.0492. The van der Waals surface area contributed by atoms with Gasteiger partial charge in [-0.15, -0.1) is 0 Å². The van der Waals surface area contributed by atoms with Gasteiger partial charge in [-0.2, -0.15) is 12.6 Å². The third-order valence-electron chi connectivity index (χ3n) is 6.90. The van der Waals surface area contributed by atoms with E-state index in [2.05, 4.69) is 23.3 Å². The second kappa shape index (κ2) is 14.4. The average molecular weight is 628 g/mol. The minimum Gasteiger partial charge on any atom is -0.508 e. The molecule has 10 nitrogen and oxygen atoms in total. The van der Waals surface area contributed by atoms with Crippen LogP contribution in [-0.4, -0.2) is 69.0 Å². The van der Waals surface area contributed by atoms with Gasteiger partial charge in [-0.25, -0.2) is 9.59 Å². The molecule has 5 atom stereocenters. The molecule has 0 saturated heterocycles. The van der Waals surface area contributed by atoms with E-state index in [1.807, 2.05) is 37.3 Å². The molecule has 0 radical (unpaired) electrons. The van der Waals surface area contributed by atoms with Gasteiger partial charge >= 0.3 is 12.1 Å². The maximum Gasteiger partial charge on any atom is 0.408 e. The number of rotatable bonds is 11. The zero-order valence-electron chi connectivity index (χ0n) is 26.5. The van der Waals surface area contributed by atoms with E-state index in [0.717, 1.165) is 5.56 Å². The van der Waals surface area contributed by atoms with Gasteiger partial charge < -0.3 is 30.1 Å². The zero-order chi connectivity index (χ0) is 32.8. The summed E-state index contributed by atoms with van der Waals surface area (Å²) in [7, 11) is 0. The van der Waals surface area contributed by atoms with Crippen LogP contribution in [0.3, 0.4) is 0 Å². The summed E-state index contributed by atoms with van der Waals surface area (Å²) in [6.07, 6.45) is -0.0542. The lowest BCUT2D eigenvalue weighted by atomic mass is 9.99. The molecule has 0 heterocycles. The summed E-state index contributed by atoms with van der Waals surface area (Å²) in [6, 6.07) is 11.5. The van der Waals surface area contributed by atoms with Crippen molar-refractivity contribution in [2.24, 2.45) is 5.92 Å². The standard InChI is InChI=1S/C33H45N3O7S/c1-20-17-25(20)36(29(39)24(19-44)35-31(41)43-33(5,6)7)27(22-15-11-12-16-26(22)37)28(38)34-23(30(40)42-32(2,3)4)18-21-13-9-8-10-14-21/h8-16,20,23-25,27,37,44H,17-19H2,1-7H3,(H,34,38)(H,35,41). The number of nitrogens with zero attached hydrogens (tertiary/aromatic N) is 1. The Labute approximate surface area is 265 Å². The smallest absolute Gasteiger partial charge is 0.408 e. The number of phenolic OH excluding ortho intramolecular Hbond substituents is 1. The molecule has 0 bridgehead atoms. The fourth-order valence-electron chi connectivity index (χ4n) is 4.79. The number of para-hydroxylation sites is 1. The van der Waals surface area contributed by atoms with Gasteiger partial charge in [0.25, 0.3) is 0 Å². The third kappa shape index (κ3) is 9.90. The van der Waals surface area contributed by atoms with Crippen LogP contribution in [0, 0.1) is 5.92 Å². The topological polar surface area (TPSA) is 134 Å². The maximum atomic E-state index is 14.3. The second-order valence-electron chi connectivity index (χ2n) is 13.2. The first-order valence-corrected chi connectivity index (χ1v) is 15.4. The molecule has 0 aromatic heterocycles. The summed E-state index contributed by atoms with van der Waals surface area (Å²) in [4.78, 5) is 55.9. The van der Waals surface area contributed by atoms with Crippen LogP contribution in [0.2, 0.25) is 0 Å². The molecule has 1 saturated carbocycles. The number of alkyl carbamates (subject to hydrolysis) is 1. The van der Waals surface area contributed by atoms with Gasteiger partial charge in [0.15, 0.2) is 0 Å². The van der Waals surface area contributed by atoms with Crippen molar-refractivity contribution < 1.29 is 33.8 Å². The van der Waals surface area contributed by atoms with Crippen LogP contribution < -0.4 is 10.6 Å². The van der Waals surface area contributed by atoms with E-state index in [1.54, 1.807) is 59.7 Å². The van der Waals surface area contributed by atoms with E-state index in [1.165, 1.54) is 11.0 Å². The van der Waals surface area contributed by atoms with Crippen LogP contribution in [0.25, 0.3) is 0 Å². The molecular weight excluding hydrogens is 582 g/mol. The van der Waals surface area contributed by atoms with E-state index in [-0.39, 0.29) is 35.4 Å². The Morgan fingerprint density at radius 3 is 2.00 bits per heavy atom. The monoisotopic (exact) mass is 627 g/mol. The molecule has 1 aliphatic carbocycles. The molecule has 5 unspecified atom stereocenters. The molecule has 3 N–H and O–H groups in total. The predicted molar refractivity (Wildman–Crippen MR) is 170 cm³/mol. The first kappa shape index (κ1) is 34.8. The molecule has 44 heavy (non-hydrogen) atoms. The van der Waals surface area contributed by atoms with Gasteiger partial charge in [0.1, 0.15) is 35.1 Å². The van der Waals surface area contributed by atoms with Gasteiger partial charge in [0.2, 0.25) is 11.8 Å². The summed E-state index contributed by atoms with van der Waals surface area (Å²) < 4.78 is 11.0. The Balaban J connectivity index is 2.03. The summed E-state index contributed by atoms with van der Waals surface area (Å²) in [5.41, 5.74) is -0.641. The van der Waals surface area contributed by atoms with Gasteiger partial charge in [-0.1, -0.05) is 55.5 Å². The number of benzene rings is 2. The van der Waals surface area contributed by atoms with Crippen LogP contribution in [0.4, 0.5) is 4.79 Å². The first-order valence-electron chi connectivity index (χ1n) is 14.8. The Morgan fingerprint density at radius 1 is 0.909 bits per heavy atom. The van der Waals surface area contributed by atoms with Crippen molar-refractivity contribution in [3.8, 4) is 5.75 Å². The highest BCUT2D eigenvalue weighted by molar-refractivity contribution is 7.80. The van der Waals surface area contributed by atoms with E-state index in [9.17, 15) is 24.3 Å². The SMILES string of the molecule is CC1CC1N(C(=O)C(CS)NC(=O)OC(C)(C)C)C(C(=O)NC(Cc1ccccc1)C(=O)OC(C)(C)C)c1ccccc1O. The van der Waals surface area contributed by atoms with Gasteiger partial charge in [0.05, 0.1) is 0 Å². The van der Waals surface area contributed by atoms with Crippen molar-refractivity contribution in [3.05, 3.63) is 65.7 Å². The molecule has 11 heteroatoms. The number of hydrogen-bond acceptors (Lipinski definition) is 8. The first-order chi connectivity index (χ1) is 20.5. The van der Waals surface area contributed by atoms with Gasteiger partial charge in [-0.05, 0) is 65.5 Å². The van der Waals surface area contributed by atoms with Crippen molar-refractivity contribution in [2.75, 3.05) is 5.75 Å². The lowest BCUT2D eigenvalue weighted by Gasteiger charge is -2.35. The van der Waals surface area contributed by atoms with Crippen LogP contribution in [0.15, 0.2) is 54.6 Å². The van der Waals surface area contributed by atoms with E-state index < -0.39 is 53.2 Å². The molecule has 3 amide bonds. The highest BCUT2D eigenvalue weighted by Gasteiger charge is 2.49. The minimum atomic E-state index is -1.33. The molecule has 1 fully saturated rings. The average Bonchev–Trinajstić information content (AvgIpc) is 3.64. The highest BCUT2D eigenvalue weighted by atomic mass is 32.1. The van der Waals surface area contributed by atoms with E-state index in [0.29, 0.717) is 6.42 Å². The molecule has 2 aromatic rings. The van der Waals surface area contributed by atoms with Crippen molar-refractivity contribution >= 4 is 36.5 Å². The number of esters is 1.